The summed E-state index contributed by atoms with van der Waals surface area (Å²) in [4.78, 5) is 24.6. The van der Waals surface area contributed by atoms with Crippen LogP contribution in [0.2, 0.25) is 5.02 Å². The number of urea groups is 1. The molecule has 0 spiro atoms. The standard InChI is InChI=1S/C31H31BrClIN4O7/c1-4-43-25-13-19(28-27(30(40)42-3)17(2)36-31(41)37-28)9-10-24(25)44-16-26(39)38-35-14-18-11-21(32)29(23(34)12-18)45-15-20-7-5-6-8-22(20)33/h5-14,26,28,38-39H,4,15-16H2,1-3H3,(H2,36,37,41)/b35-14-/t26-,28+/m1/s1. The number of nitrogens with zero attached hydrogens (tertiary/aromatic N) is 1. The van der Waals surface area contributed by atoms with Crippen molar-refractivity contribution in [2.24, 2.45) is 5.10 Å². The van der Waals surface area contributed by atoms with Gasteiger partial charge in [-0.3, -0.25) is 5.43 Å². The molecule has 11 nitrogen and oxygen atoms in total. The number of benzene rings is 3. The van der Waals surface area contributed by atoms with Crippen LogP contribution >= 0.6 is 50.1 Å². The summed E-state index contributed by atoms with van der Waals surface area (Å²) in [6, 6.07) is 15.1. The zero-order valence-corrected chi connectivity index (χ0v) is 29.0. The summed E-state index contributed by atoms with van der Waals surface area (Å²) in [6.07, 6.45) is 0.423. The number of nitrogens with one attached hydrogen (secondary N) is 3. The number of carbonyl (C=O) groups is 2. The normalized spacial score (nSPS) is 15.3. The summed E-state index contributed by atoms with van der Waals surface area (Å²) in [5, 5.41) is 20.6. The molecule has 0 unspecified atom stereocenters. The number of ether oxygens (including phenoxy) is 4. The van der Waals surface area contributed by atoms with Gasteiger partial charge in [0.2, 0.25) is 0 Å². The molecule has 4 rings (SSSR count). The second kappa shape index (κ2) is 16.2. The van der Waals surface area contributed by atoms with Crippen molar-refractivity contribution >= 4 is 68.3 Å². The molecule has 0 aliphatic carbocycles. The summed E-state index contributed by atoms with van der Waals surface area (Å²) in [5.41, 5.74) is 5.54. The van der Waals surface area contributed by atoms with Crippen molar-refractivity contribution in [3.05, 3.63) is 95.6 Å². The van der Waals surface area contributed by atoms with E-state index in [0.717, 1.165) is 19.2 Å². The SMILES string of the molecule is CCOc1cc([C@@H]2NC(=O)NC(C)=C2C(=O)OC)ccc1OC[C@@H](O)N/N=C\c1cc(Br)c(OCc2ccccc2Cl)c(I)c1. The number of aliphatic hydroxyl groups is 1. The van der Waals surface area contributed by atoms with Gasteiger partial charge in [0.1, 0.15) is 19.0 Å². The number of allylic oxidation sites excluding steroid dienone is 1. The Morgan fingerprint density at radius 1 is 1.18 bits per heavy atom. The maximum Gasteiger partial charge on any atom is 0.337 e. The molecule has 0 bridgehead atoms. The van der Waals surface area contributed by atoms with E-state index < -0.39 is 24.3 Å². The Morgan fingerprint density at radius 2 is 1.96 bits per heavy atom. The Hall–Kier alpha value is -3.53. The van der Waals surface area contributed by atoms with Crippen molar-refractivity contribution in [1.82, 2.24) is 16.1 Å². The minimum absolute atomic E-state index is 0.149. The summed E-state index contributed by atoms with van der Waals surface area (Å²) in [7, 11) is 1.28. The fourth-order valence-electron chi connectivity index (χ4n) is 4.38. The first kappa shape index (κ1) is 34.3. The molecule has 0 aromatic heterocycles. The third-order valence-corrected chi connectivity index (χ3v) is 8.22. The fourth-order valence-corrected chi connectivity index (χ4v) is 6.34. The summed E-state index contributed by atoms with van der Waals surface area (Å²) < 4.78 is 24.1. The van der Waals surface area contributed by atoms with Gasteiger partial charge >= 0.3 is 12.0 Å². The summed E-state index contributed by atoms with van der Waals surface area (Å²) in [5.74, 6) is 0.840. The number of hydrazone groups is 1. The molecule has 1 aliphatic heterocycles. The van der Waals surface area contributed by atoms with Gasteiger partial charge < -0.3 is 34.7 Å². The van der Waals surface area contributed by atoms with Crippen LogP contribution in [0.4, 0.5) is 4.79 Å². The van der Waals surface area contributed by atoms with Crippen LogP contribution in [0.15, 0.2) is 75.4 Å². The number of methoxy groups -OCH3 is 1. The highest BCUT2D eigenvalue weighted by molar-refractivity contribution is 14.1. The average molecular weight is 814 g/mol. The first-order valence-electron chi connectivity index (χ1n) is 13.7. The average Bonchev–Trinajstić information content (AvgIpc) is 3.00. The number of rotatable bonds is 13. The zero-order valence-electron chi connectivity index (χ0n) is 24.5. The first-order valence-corrected chi connectivity index (χ1v) is 15.9. The molecule has 0 saturated heterocycles. The highest BCUT2D eigenvalue weighted by Gasteiger charge is 2.32. The van der Waals surface area contributed by atoms with Crippen LogP contribution in [0.25, 0.3) is 0 Å². The number of hydrogen-bond donors (Lipinski definition) is 4. The molecule has 45 heavy (non-hydrogen) atoms. The van der Waals surface area contributed by atoms with Gasteiger partial charge in [-0.05, 0) is 93.8 Å². The Morgan fingerprint density at radius 3 is 2.67 bits per heavy atom. The van der Waals surface area contributed by atoms with E-state index in [1.54, 1.807) is 31.3 Å². The Balaban J connectivity index is 1.37. The van der Waals surface area contributed by atoms with Gasteiger partial charge in [0, 0.05) is 16.3 Å². The molecule has 0 saturated carbocycles. The molecule has 4 N–H and O–H groups in total. The lowest BCUT2D eigenvalue weighted by Gasteiger charge is -2.28. The number of amides is 2. The van der Waals surface area contributed by atoms with Crippen LogP contribution in [0, 0.1) is 3.57 Å². The summed E-state index contributed by atoms with van der Waals surface area (Å²) in [6.45, 7) is 3.95. The van der Waals surface area contributed by atoms with Crippen molar-refractivity contribution in [2.75, 3.05) is 20.3 Å². The molecule has 238 valence electrons. The molecule has 1 aliphatic rings. The molecular formula is C31H31BrClIN4O7. The smallest absolute Gasteiger partial charge is 0.337 e. The molecule has 3 aromatic carbocycles. The van der Waals surface area contributed by atoms with E-state index >= 15 is 0 Å². The van der Waals surface area contributed by atoms with Gasteiger partial charge in [-0.2, -0.15) is 5.10 Å². The van der Waals surface area contributed by atoms with E-state index in [0.29, 0.717) is 46.7 Å². The quantitative estimate of drug-likeness (QED) is 0.0559. The highest BCUT2D eigenvalue weighted by atomic mass is 127. The first-order chi connectivity index (χ1) is 21.6. The number of hydrogen-bond acceptors (Lipinski definition) is 9. The Kier molecular flexibility index (Phi) is 12.3. The highest BCUT2D eigenvalue weighted by Crippen LogP contribution is 2.35. The molecule has 0 fully saturated rings. The lowest BCUT2D eigenvalue weighted by molar-refractivity contribution is -0.136. The van der Waals surface area contributed by atoms with E-state index in [2.05, 4.69) is 59.7 Å². The predicted octanol–water partition coefficient (Wildman–Crippen LogP) is 5.81. The van der Waals surface area contributed by atoms with Crippen LogP contribution in [0.1, 0.15) is 36.6 Å². The Labute approximate surface area is 287 Å². The maximum absolute atomic E-state index is 12.4. The zero-order chi connectivity index (χ0) is 32.5. The van der Waals surface area contributed by atoms with Crippen molar-refractivity contribution in [2.45, 2.75) is 32.7 Å². The van der Waals surface area contributed by atoms with E-state index in [1.807, 2.05) is 43.3 Å². The third kappa shape index (κ3) is 9.02. The lowest BCUT2D eigenvalue weighted by atomic mass is 9.95. The molecule has 2 atom stereocenters. The van der Waals surface area contributed by atoms with E-state index in [9.17, 15) is 14.7 Å². The largest absolute Gasteiger partial charge is 0.490 e. The lowest BCUT2D eigenvalue weighted by Crippen LogP contribution is -2.45. The van der Waals surface area contributed by atoms with Crippen LogP contribution < -0.4 is 30.3 Å². The molecule has 1 heterocycles. The predicted molar refractivity (Wildman–Crippen MR) is 182 cm³/mol. The molecule has 3 aromatic rings. The topological polar surface area (TPSA) is 140 Å². The van der Waals surface area contributed by atoms with Crippen molar-refractivity contribution in [1.29, 1.82) is 0 Å². The third-order valence-electron chi connectivity index (χ3n) is 6.46. The second-order valence-corrected chi connectivity index (χ2v) is 12.0. The van der Waals surface area contributed by atoms with Crippen LogP contribution in [0.5, 0.6) is 17.2 Å². The fraction of sp³-hybridized carbons (Fsp3) is 0.258. The molecule has 2 amide bonds. The second-order valence-electron chi connectivity index (χ2n) is 9.61. The minimum Gasteiger partial charge on any atom is -0.490 e. The number of aliphatic hydroxyl groups excluding tert-OH is 1. The van der Waals surface area contributed by atoms with Gasteiger partial charge in [-0.1, -0.05) is 35.9 Å². The van der Waals surface area contributed by atoms with E-state index in [1.165, 1.54) is 7.11 Å². The van der Waals surface area contributed by atoms with Crippen LogP contribution in [-0.4, -0.2) is 49.9 Å². The van der Waals surface area contributed by atoms with Crippen LogP contribution in [-0.2, 0) is 16.1 Å². The Bertz CT molecular complexity index is 1600. The van der Waals surface area contributed by atoms with E-state index in [-0.39, 0.29) is 12.2 Å². The van der Waals surface area contributed by atoms with Gasteiger partial charge in [-0.15, -0.1) is 0 Å². The molecule has 0 radical (unpaired) electrons. The molecule has 14 heteroatoms. The van der Waals surface area contributed by atoms with Crippen LogP contribution in [0.3, 0.4) is 0 Å². The van der Waals surface area contributed by atoms with Gasteiger partial charge in [0.25, 0.3) is 0 Å². The monoisotopic (exact) mass is 812 g/mol. The van der Waals surface area contributed by atoms with E-state index in [4.69, 9.17) is 30.5 Å². The van der Waals surface area contributed by atoms with Crippen molar-refractivity contribution in [3.63, 3.8) is 0 Å². The van der Waals surface area contributed by atoms with Gasteiger partial charge in [0.15, 0.2) is 17.7 Å². The van der Waals surface area contributed by atoms with Crippen molar-refractivity contribution in [3.8, 4) is 17.2 Å². The maximum atomic E-state index is 12.4. The van der Waals surface area contributed by atoms with Crippen molar-refractivity contribution < 1.29 is 33.6 Å². The number of esters is 1. The van der Waals surface area contributed by atoms with Gasteiger partial charge in [0.05, 0.1) is 39.6 Å². The van der Waals surface area contributed by atoms with Gasteiger partial charge in [-0.25, -0.2) is 9.59 Å². The molecular weight excluding hydrogens is 783 g/mol. The number of carbonyl (C=O) groups excluding carboxylic acids is 2. The minimum atomic E-state index is -1.14. The number of halogens is 3. The summed E-state index contributed by atoms with van der Waals surface area (Å²) >= 11 is 12.0.